The Balaban J connectivity index is 1.32. The first-order valence-corrected chi connectivity index (χ1v) is 10.8. The number of benzene rings is 1. The van der Waals surface area contributed by atoms with Gasteiger partial charge in [0.2, 0.25) is 5.28 Å². The molecule has 0 aliphatic carbocycles. The summed E-state index contributed by atoms with van der Waals surface area (Å²) in [4.78, 5) is 27.3. The average Bonchev–Trinajstić information content (AvgIpc) is 3.41. The maximum atomic E-state index is 12.3. The third-order valence-corrected chi connectivity index (χ3v) is 6.03. The van der Waals surface area contributed by atoms with E-state index in [4.69, 9.17) is 16.3 Å². The van der Waals surface area contributed by atoms with Gasteiger partial charge in [-0.05, 0) is 41.3 Å². The highest BCUT2D eigenvalue weighted by Crippen LogP contribution is 2.26. The predicted octanol–water partition coefficient (Wildman–Crippen LogP) is 4.62. The van der Waals surface area contributed by atoms with Crippen molar-refractivity contribution in [2.24, 2.45) is 0 Å². The van der Waals surface area contributed by atoms with Gasteiger partial charge in [-0.1, -0.05) is 19.1 Å². The zero-order chi connectivity index (χ0) is 20.2. The first-order chi connectivity index (χ1) is 14.1. The third kappa shape index (κ3) is 4.92. The van der Waals surface area contributed by atoms with Crippen LogP contribution < -0.4 is 9.64 Å². The van der Waals surface area contributed by atoms with E-state index in [-0.39, 0.29) is 23.1 Å². The molecule has 150 valence electrons. The monoisotopic (exact) mass is 428 g/mol. The summed E-state index contributed by atoms with van der Waals surface area (Å²) in [6.07, 6.45) is 4.79. The number of nitrogens with zero attached hydrogens (tertiary/aromatic N) is 4. The van der Waals surface area contributed by atoms with Gasteiger partial charge in [0.05, 0.1) is 16.9 Å². The molecule has 0 spiro atoms. The summed E-state index contributed by atoms with van der Waals surface area (Å²) in [5.74, 6) is 1.94. The molecule has 8 heteroatoms. The third-order valence-electron chi connectivity index (χ3n) is 5.03. The fourth-order valence-electron chi connectivity index (χ4n) is 3.45. The lowest BCUT2D eigenvalue weighted by Crippen LogP contribution is -2.25. The molecular formula is C21H21ClN4O2S. The molecule has 3 aromatic rings. The molecule has 2 atom stereocenters. The zero-order valence-corrected chi connectivity index (χ0v) is 17.6. The molecule has 0 unspecified atom stereocenters. The summed E-state index contributed by atoms with van der Waals surface area (Å²) < 4.78 is 6.14. The Bertz CT molecular complexity index is 965. The Morgan fingerprint density at radius 3 is 2.90 bits per heavy atom. The molecule has 1 aliphatic rings. The second-order valence-corrected chi connectivity index (χ2v) is 8.35. The van der Waals surface area contributed by atoms with Crippen LogP contribution in [-0.4, -0.2) is 39.9 Å². The number of carbonyl (C=O) groups is 1. The fraction of sp³-hybridized carbons (Fsp3) is 0.333. The van der Waals surface area contributed by atoms with Gasteiger partial charge in [0.25, 0.3) is 0 Å². The number of thiazole rings is 1. The molecular weight excluding hydrogens is 408 g/mol. The smallest absolute Gasteiger partial charge is 0.224 e. The van der Waals surface area contributed by atoms with E-state index >= 15 is 0 Å². The van der Waals surface area contributed by atoms with Crippen molar-refractivity contribution in [3.8, 4) is 5.75 Å². The van der Waals surface area contributed by atoms with Gasteiger partial charge in [-0.2, -0.15) is 0 Å². The largest absolute Gasteiger partial charge is 0.489 e. The van der Waals surface area contributed by atoms with Crippen molar-refractivity contribution in [1.29, 1.82) is 0 Å². The topological polar surface area (TPSA) is 68.2 Å². The number of halogens is 1. The highest BCUT2D eigenvalue weighted by molar-refractivity contribution is 7.11. The van der Waals surface area contributed by atoms with Crippen LogP contribution in [-0.2, 0) is 0 Å². The number of aromatic nitrogens is 3. The summed E-state index contributed by atoms with van der Waals surface area (Å²) in [7, 11) is 0. The summed E-state index contributed by atoms with van der Waals surface area (Å²) in [6.45, 7) is 3.69. The minimum atomic E-state index is 0.0971. The van der Waals surface area contributed by atoms with Gasteiger partial charge in [-0.25, -0.2) is 9.97 Å². The van der Waals surface area contributed by atoms with Gasteiger partial charge in [-0.15, -0.1) is 11.3 Å². The van der Waals surface area contributed by atoms with E-state index in [9.17, 15) is 4.79 Å². The van der Waals surface area contributed by atoms with Crippen LogP contribution in [0.1, 0.15) is 40.9 Å². The highest BCUT2D eigenvalue weighted by Gasteiger charge is 2.25. The van der Waals surface area contributed by atoms with Crippen molar-refractivity contribution in [3.63, 3.8) is 0 Å². The van der Waals surface area contributed by atoms with Gasteiger partial charge in [0.1, 0.15) is 17.7 Å². The second-order valence-electron chi connectivity index (χ2n) is 7.12. The molecule has 1 saturated heterocycles. The quantitative estimate of drug-likeness (QED) is 0.404. The number of anilines is 1. The van der Waals surface area contributed by atoms with Crippen molar-refractivity contribution >= 4 is 34.5 Å². The average molecular weight is 429 g/mol. The lowest BCUT2D eigenvalue weighted by Gasteiger charge is -2.18. The molecule has 0 saturated carbocycles. The van der Waals surface area contributed by atoms with Gasteiger partial charge < -0.3 is 9.64 Å². The summed E-state index contributed by atoms with van der Waals surface area (Å²) in [5.41, 5.74) is 2.81. The number of ketones is 1. The summed E-state index contributed by atoms with van der Waals surface area (Å²) in [6, 6.07) is 9.90. The first-order valence-electron chi connectivity index (χ1n) is 9.50. The fourth-order valence-corrected chi connectivity index (χ4v) is 4.17. The van der Waals surface area contributed by atoms with E-state index in [1.807, 2.05) is 30.3 Å². The Labute approximate surface area is 178 Å². The van der Waals surface area contributed by atoms with Crippen molar-refractivity contribution in [1.82, 2.24) is 15.0 Å². The van der Waals surface area contributed by atoms with Gasteiger partial charge in [0.15, 0.2) is 5.78 Å². The predicted molar refractivity (Wildman–Crippen MR) is 114 cm³/mol. The van der Waals surface area contributed by atoms with Crippen LogP contribution in [0.2, 0.25) is 5.28 Å². The molecule has 0 radical (unpaired) electrons. The molecule has 0 amide bonds. The molecule has 2 aromatic heterocycles. The lowest BCUT2D eigenvalue weighted by atomic mass is 9.95. The van der Waals surface area contributed by atoms with Crippen LogP contribution in [0, 0.1) is 0 Å². The normalized spacial score (nSPS) is 17.3. The van der Waals surface area contributed by atoms with Crippen molar-refractivity contribution < 1.29 is 9.53 Å². The van der Waals surface area contributed by atoms with Gasteiger partial charge in [-0.3, -0.25) is 9.78 Å². The lowest BCUT2D eigenvalue weighted by molar-refractivity contribution is 0.0979. The number of ether oxygens (including phenoxy) is 1. The number of Topliss-reactive ketones (excluding diaryl/α,β-unsaturated/α-hetero) is 1. The first kappa shape index (κ1) is 19.8. The van der Waals surface area contributed by atoms with Crippen LogP contribution >= 0.6 is 22.9 Å². The van der Waals surface area contributed by atoms with Crippen molar-refractivity contribution in [2.45, 2.75) is 31.8 Å². The maximum Gasteiger partial charge on any atom is 0.224 e. The molecule has 1 aromatic carbocycles. The summed E-state index contributed by atoms with van der Waals surface area (Å²) >= 11 is 7.27. The van der Waals surface area contributed by atoms with E-state index in [1.54, 1.807) is 17.9 Å². The van der Waals surface area contributed by atoms with E-state index in [0.717, 1.165) is 36.6 Å². The molecule has 3 heterocycles. The minimum absolute atomic E-state index is 0.0971. The van der Waals surface area contributed by atoms with E-state index in [0.29, 0.717) is 11.3 Å². The molecule has 1 aliphatic heterocycles. The molecule has 4 rings (SSSR count). The van der Waals surface area contributed by atoms with Crippen LogP contribution in [0.3, 0.4) is 0 Å². The van der Waals surface area contributed by atoms with Crippen LogP contribution in [0.15, 0.2) is 48.2 Å². The SMILES string of the molecule is C[C@H](CC(=O)c1cncs1)c1ccc(O[C@@H]2CCN(c3ccnc(Cl)n3)C2)cc1. The molecule has 6 nitrogen and oxygen atoms in total. The summed E-state index contributed by atoms with van der Waals surface area (Å²) in [5, 5.41) is 0.255. The van der Waals surface area contributed by atoms with Crippen LogP contribution in [0.4, 0.5) is 5.82 Å². The van der Waals surface area contributed by atoms with E-state index in [1.165, 1.54) is 11.3 Å². The number of rotatable bonds is 7. The Morgan fingerprint density at radius 1 is 1.34 bits per heavy atom. The standard InChI is InChI=1S/C21H21ClN4O2S/c1-14(10-18(27)19-11-23-13-29-19)15-2-4-16(5-3-15)28-17-7-9-26(12-17)20-6-8-24-21(22)25-20/h2-6,8,11,13-14,17H,7,9-10,12H2,1H3/t14-,17-/m1/s1. The Hall–Kier alpha value is -2.51. The van der Waals surface area contributed by atoms with Crippen molar-refractivity contribution in [3.05, 3.63) is 64.0 Å². The van der Waals surface area contributed by atoms with Gasteiger partial charge in [0, 0.05) is 31.8 Å². The Morgan fingerprint density at radius 2 is 2.17 bits per heavy atom. The molecule has 0 N–H and O–H groups in total. The molecule has 0 bridgehead atoms. The maximum absolute atomic E-state index is 12.3. The van der Waals surface area contributed by atoms with Crippen LogP contribution in [0.5, 0.6) is 5.75 Å². The number of hydrogen-bond donors (Lipinski definition) is 0. The van der Waals surface area contributed by atoms with E-state index < -0.39 is 0 Å². The number of hydrogen-bond acceptors (Lipinski definition) is 7. The van der Waals surface area contributed by atoms with Gasteiger partial charge >= 0.3 is 0 Å². The van der Waals surface area contributed by atoms with Crippen LogP contribution in [0.25, 0.3) is 0 Å². The minimum Gasteiger partial charge on any atom is -0.489 e. The van der Waals surface area contributed by atoms with E-state index in [2.05, 4.69) is 26.8 Å². The number of carbonyl (C=O) groups excluding carboxylic acids is 1. The molecule has 29 heavy (non-hydrogen) atoms. The zero-order valence-electron chi connectivity index (χ0n) is 16.0. The molecule has 1 fully saturated rings. The highest BCUT2D eigenvalue weighted by atomic mass is 35.5. The Kier molecular flexibility index (Phi) is 6.06. The second kappa shape index (κ2) is 8.88. The van der Waals surface area contributed by atoms with Crippen molar-refractivity contribution in [2.75, 3.05) is 18.0 Å².